The van der Waals surface area contributed by atoms with Crippen molar-refractivity contribution in [1.82, 2.24) is 14.7 Å². The number of rotatable bonds is 3. The van der Waals surface area contributed by atoms with Crippen LogP contribution >= 0.6 is 11.6 Å². The lowest BCUT2D eigenvalue weighted by atomic mass is 10.1. The van der Waals surface area contributed by atoms with Crippen LogP contribution in [0.15, 0.2) is 6.20 Å². The summed E-state index contributed by atoms with van der Waals surface area (Å²) in [7, 11) is 1.92. The summed E-state index contributed by atoms with van der Waals surface area (Å²) in [6.07, 6.45) is 2.43. The minimum absolute atomic E-state index is 0.0874. The maximum absolute atomic E-state index is 11.9. The predicted octanol–water partition coefficient (Wildman–Crippen LogP) is 1.88. The fourth-order valence-corrected chi connectivity index (χ4v) is 2.59. The molecule has 2 heterocycles. The Balaban J connectivity index is 2.18. The van der Waals surface area contributed by atoms with Crippen LogP contribution < -0.4 is 0 Å². The molecule has 0 spiro atoms. The number of aromatic nitrogens is 2. The van der Waals surface area contributed by atoms with E-state index in [9.17, 15) is 4.79 Å². The zero-order valence-corrected chi connectivity index (χ0v) is 11.2. The van der Waals surface area contributed by atoms with Crippen molar-refractivity contribution in [3.63, 3.8) is 0 Å². The Kier molecular flexibility index (Phi) is 3.43. The van der Waals surface area contributed by atoms with Crippen LogP contribution in [-0.2, 0) is 11.8 Å². The van der Waals surface area contributed by atoms with Crippen molar-refractivity contribution in [1.29, 1.82) is 0 Å². The molecule has 0 saturated carbocycles. The van der Waals surface area contributed by atoms with Crippen LogP contribution in [0.3, 0.4) is 0 Å². The molecule has 1 amide bonds. The van der Waals surface area contributed by atoms with Crippen LogP contribution in [0.4, 0.5) is 0 Å². The van der Waals surface area contributed by atoms with Gasteiger partial charge in [-0.3, -0.25) is 9.48 Å². The van der Waals surface area contributed by atoms with Gasteiger partial charge in [-0.15, -0.1) is 11.6 Å². The number of carbonyl (C=O) groups excluding carboxylic acids is 1. The summed E-state index contributed by atoms with van der Waals surface area (Å²) in [5.41, 5.74) is 2.23. The van der Waals surface area contributed by atoms with Gasteiger partial charge in [0.25, 0.3) is 0 Å². The quantitative estimate of drug-likeness (QED) is 0.774. The molecule has 2 atom stereocenters. The summed E-state index contributed by atoms with van der Waals surface area (Å²) in [4.78, 5) is 13.8. The largest absolute Gasteiger partial charge is 0.335 e. The first-order valence-corrected chi connectivity index (χ1v) is 6.42. The molecule has 2 unspecified atom stereocenters. The molecular formula is C12H18ClN3O. The molecular weight excluding hydrogens is 238 g/mol. The van der Waals surface area contributed by atoms with Crippen LogP contribution in [0.2, 0.25) is 0 Å². The molecule has 1 aromatic rings. The molecule has 2 rings (SSSR count). The van der Waals surface area contributed by atoms with E-state index in [1.165, 1.54) is 0 Å². The van der Waals surface area contributed by atoms with E-state index in [0.29, 0.717) is 18.2 Å². The molecule has 0 radical (unpaired) electrons. The molecule has 1 aromatic heterocycles. The highest BCUT2D eigenvalue weighted by Gasteiger charge is 2.33. The lowest BCUT2D eigenvalue weighted by molar-refractivity contribution is -0.129. The predicted molar refractivity (Wildman–Crippen MR) is 66.9 cm³/mol. The van der Waals surface area contributed by atoms with Gasteiger partial charge >= 0.3 is 0 Å². The maximum atomic E-state index is 11.9. The molecule has 0 bridgehead atoms. The van der Waals surface area contributed by atoms with Crippen molar-refractivity contribution in [3.8, 4) is 0 Å². The summed E-state index contributed by atoms with van der Waals surface area (Å²) in [6.45, 7) is 4.84. The molecule has 1 fully saturated rings. The molecule has 1 aliphatic heterocycles. The van der Waals surface area contributed by atoms with E-state index in [-0.39, 0.29) is 11.9 Å². The van der Waals surface area contributed by atoms with Crippen molar-refractivity contribution >= 4 is 17.5 Å². The second kappa shape index (κ2) is 4.69. The Labute approximate surface area is 107 Å². The van der Waals surface area contributed by atoms with Crippen molar-refractivity contribution in [2.75, 3.05) is 12.4 Å². The van der Waals surface area contributed by atoms with Crippen LogP contribution in [0.5, 0.6) is 0 Å². The monoisotopic (exact) mass is 255 g/mol. The number of amides is 1. The van der Waals surface area contributed by atoms with Crippen molar-refractivity contribution < 1.29 is 4.79 Å². The van der Waals surface area contributed by atoms with Crippen molar-refractivity contribution in [2.24, 2.45) is 13.0 Å². The van der Waals surface area contributed by atoms with Crippen molar-refractivity contribution in [2.45, 2.75) is 26.3 Å². The van der Waals surface area contributed by atoms with Gasteiger partial charge in [0.2, 0.25) is 5.91 Å². The maximum Gasteiger partial charge on any atom is 0.223 e. The lowest BCUT2D eigenvalue weighted by Crippen LogP contribution is -2.29. The highest BCUT2D eigenvalue weighted by Crippen LogP contribution is 2.30. The number of likely N-dealkylation sites (tertiary alicyclic amines) is 1. The molecule has 0 N–H and O–H groups in total. The number of aryl methyl sites for hydroxylation is 1. The van der Waals surface area contributed by atoms with Gasteiger partial charge in [0.1, 0.15) is 0 Å². The first-order valence-electron chi connectivity index (χ1n) is 5.88. The van der Waals surface area contributed by atoms with Gasteiger partial charge in [0.15, 0.2) is 0 Å². The van der Waals surface area contributed by atoms with Gasteiger partial charge < -0.3 is 4.90 Å². The average Bonchev–Trinajstić information content (AvgIpc) is 2.83. The molecule has 0 aromatic carbocycles. The minimum atomic E-state index is 0.0874. The third-order valence-electron chi connectivity index (χ3n) is 3.65. The molecule has 1 saturated heterocycles. The van der Waals surface area contributed by atoms with Gasteiger partial charge in [0, 0.05) is 37.2 Å². The van der Waals surface area contributed by atoms with Gasteiger partial charge in [-0.1, -0.05) is 0 Å². The third kappa shape index (κ3) is 2.18. The SMILES string of the molecule is Cc1c(C(C)N2CC(CCl)CC2=O)cnn1C. The third-order valence-corrected chi connectivity index (χ3v) is 4.08. The van der Waals surface area contributed by atoms with E-state index in [2.05, 4.69) is 12.0 Å². The topological polar surface area (TPSA) is 38.1 Å². The summed E-state index contributed by atoms with van der Waals surface area (Å²) in [5, 5.41) is 4.23. The summed E-state index contributed by atoms with van der Waals surface area (Å²) in [6, 6.07) is 0.0874. The smallest absolute Gasteiger partial charge is 0.223 e. The Hall–Kier alpha value is -1.03. The van der Waals surface area contributed by atoms with Gasteiger partial charge in [-0.2, -0.15) is 5.10 Å². The van der Waals surface area contributed by atoms with E-state index in [1.54, 1.807) is 0 Å². The zero-order chi connectivity index (χ0) is 12.6. The zero-order valence-electron chi connectivity index (χ0n) is 10.5. The summed E-state index contributed by atoms with van der Waals surface area (Å²) in [5.74, 6) is 1.05. The Morgan fingerprint density at radius 2 is 2.35 bits per heavy atom. The molecule has 17 heavy (non-hydrogen) atoms. The first kappa shape index (κ1) is 12.4. The van der Waals surface area contributed by atoms with Crippen LogP contribution in [0.25, 0.3) is 0 Å². The lowest BCUT2D eigenvalue weighted by Gasteiger charge is -2.24. The van der Waals surface area contributed by atoms with Crippen molar-refractivity contribution in [3.05, 3.63) is 17.5 Å². The standard InChI is InChI=1S/C12H18ClN3O/c1-8-11(6-14-15(8)3)9(2)16-7-10(5-13)4-12(16)17/h6,9-10H,4-5,7H2,1-3H3. The number of halogens is 1. The highest BCUT2D eigenvalue weighted by atomic mass is 35.5. The van der Waals surface area contributed by atoms with Crippen LogP contribution in [-0.4, -0.2) is 33.0 Å². The molecule has 5 heteroatoms. The van der Waals surface area contributed by atoms with E-state index < -0.39 is 0 Å². The number of carbonyl (C=O) groups is 1. The Bertz CT molecular complexity index is 429. The van der Waals surface area contributed by atoms with Crippen LogP contribution in [0, 0.1) is 12.8 Å². The number of nitrogens with zero attached hydrogens (tertiary/aromatic N) is 3. The molecule has 4 nitrogen and oxygen atoms in total. The minimum Gasteiger partial charge on any atom is -0.335 e. The van der Waals surface area contributed by atoms with Gasteiger partial charge in [-0.05, 0) is 19.8 Å². The first-order chi connectivity index (χ1) is 8.04. The average molecular weight is 256 g/mol. The van der Waals surface area contributed by atoms with E-state index in [4.69, 9.17) is 11.6 Å². The molecule has 1 aliphatic rings. The van der Waals surface area contributed by atoms with Crippen LogP contribution in [0.1, 0.15) is 30.6 Å². The molecule has 0 aliphatic carbocycles. The number of alkyl halides is 1. The fourth-order valence-electron chi connectivity index (χ4n) is 2.38. The Morgan fingerprint density at radius 3 is 2.82 bits per heavy atom. The second-order valence-electron chi connectivity index (χ2n) is 4.76. The Morgan fingerprint density at radius 1 is 1.65 bits per heavy atom. The highest BCUT2D eigenvalue weighted by molar-refractivity contribution is 6.18. The van der Waals surface area contributed by atoms with Gasteiger partial charge in [0.05, 0.1) is 12.2 Å². The van der Waals surface area contributed by atoms with E-state index >= 15 is 0 Å². The fraction of sp³-hybridized carbons (Fsp3) is 0.667. The van der Waals surface area contributed by atoms with E-state index in [0.717, 1.165) is 17.8 Å². The normalized spacial score (nSPS) is 22.2. The molecule has 94 valence electrons. The second-order valence-corrected chi connectivity index (χ2v) is 5.06. The summed E-state index contributed by atoms with van der Waals surface area (Å²) < 4.78 is 1.84. The summed E-state index contributed by atoms with van der Waals surface area (Å²) >= 11 is 5.83. The number of hydrogen-bond donors (Lipinski definition) is 0. The van der Waals surface area contributed by atoms with E-state index in [1.807, 2.05) is 29.7 Å². The van der Waals surface area contributed by atoms with Gasteiger partial charge in [-0.25, -0.2) is 0 Å². The number of hydrogen-bond acceptors (Lipinski definition) is 2.